The van der Waals surface area contributed by atoms with Crippen molar-refractivity contribution in [1.82, 2.24) is 9.78 Å². The largest absolute Gasteiger partial charge is 0.382 e. The predicted octanol–water partition coefficient (Wildman–Crippen LogP) is 2.33. The van der Waals surface area contributed by atoms with Crippen LogP contribution in [0.1, 0.15) is 17.4 Å². The van der Waals surface area contributed by atoms with Crippen molar-refractivity contribution in [2.45, 2.75) is 6.10 Å². The van der Waals surface area contributed by atoms with E-state index < -0.39 is 6.10 Å². The molecule has 18 heavy (non-hydrogen) atoms. The van der Waals surface area contributed by atoms with E-state index in [1.54, 1.807) is 10.9 Å². The lowest BCUT2D eigenvalue weighted by Crippen LogP contribution is -2.11. The zero-order valence-corrected chi connectivity index (χ0v) is 12.2. The van der Waals surface area contributed by atoms with Gasteiger partial charge in [-0.3, -0.25) is 4.68 Å². The molecule has 0 aliphatic heterocycles. The zero-order chi connectivity index (χ0) is 13.3. The second-order valence-corrected chi connectivity index (χ2v) is 5.25. The molecular formula is C13H16BrN3O. The number of hydrogen-bond acceptors (Lipinski definition) is 3. The van der Waals surface area contributed by atoms with E-state index in [-0.39, 0.29) is 0 Å². The minimum absolute atomic E-state index is 0.688. The summed E-state index contributed by atoms with van der Waals surface area (Å²) in [6.07, 6.45) is 1.00. The zero-order valence-electron chi connectivity index (χ0n) is 10.6. The summed E-state index contributed by atoms with van der Waals surface area (Å²) in [5.74, 6) is 0. The van der Waals surface area contributed by atoms with Crippen molar-refractivity contribution in [2.24, 2.45) is 7.05 Å². The number of rotatable bonds is 3. The van der Waals surface area contributed by atoms with E-state index in [0.717, 1.165) is 21.4 Å². The van der Waals surface area contributed by atoms with Crippen molar-refractivity contribution in [3.05, 3.63) is 46.2 Å². The summed E-state index contributed by atoms with van der Waals surface area (Å²) in [4.78, 5) is 2.01. The van der Waals surface area contributed by atoms with Crippen LogP contribution in [0, 0.1) is 0 Å². The first-order valence-corrected chi connectivity index (χ1v) is 6.42. The maximum absolute atomic E-state index is 10.4. The summed E-state index contributed by atoms with van der Waals surface area (Å²) in [6, 6.07) is 7.84. The Balaban J connectivity index is 2.40. The second kappa shape index (κ2) is 5.12. The number of anilines is 1. The minimum atomic E-state index is -0.688. The molecule has 1 aromatic carbocycles. The van der Waals surface area contributed by atoms with Crippen molar-refractivity contribution < 1.29 is 5.11 Å². The third-order valence-corrected chi connectivity index (χ3v) is 3.51. The molecule has 2 aromatic rings. The van der Waals surface area contributed by atoms with E-state index in [1.165, 1.54) is 0 Å². The van der Waals surface area contributed by atoms with Gasteiger partial charge in [0, 0.05) is 26.8 Å². The molecule has 0 saturated heterocycles. The molecular weight excluding hydrogens is 294 g/mol. The van der Waals surface area contributed by atoms with Crippen LogP contribution in [0.15, 0.2) is 34.9 Å². The van der Waals surface area contributed by atoms with Crippen LogP contribution in [-0.2, 0) is 7.05 Å². The van der Waals surface area contributed by atoms with Gasteiger partial charge in [0.15, 0.2) is 0 Å². The lowest BCUT2D eigenvalue weighted by atomic mass is 10.1. The van der Waals surface area contributed by atoms with Gasteiger partial charge in [-0.1, -0.05) is 12.1 Å². The lowest BCUT2D eigenvalue weighted by Gasteiger charge is -2.17. The van der Waals surface area contributed by atoms with Crippen LogP contribution in [0.3, 0.4) is 0 Å². The van der Waals surface area contributed by atoms with E-state index in [2.05, 4.69) is 21.0 Å². The summed E-state index contributed by atoms with van der Waals surface area (Å²) in [5, 5.41) is 14.6. The van der Waals surface area contributed by atoms with Crippen LogP contribution in [0.4, 0.5) is 5.69 Å². The average molecular weight is 310 g/mol. The Hall–Kier alpha value is -1.33. The second-order valence-electron chi connectivity index (χ2n) is 4.39. The Kier molecular flexibility index (Phi) is 3.73. The van der Waals surface area contributed by atoms with Gasteiger partial charge in [-0.2, -0.15) is 5.10 Å². The highest BCUT2D eigenvalue weighted by Crippen LogP contribution is 2.29. The van der Waals surface area contributed by atoms with Crippen LogP contribution in [-0.4, -0.2) is 29.0 Å². The van der Waals surface area contributed by atoms with Crippen molar-refractivity contribution in [3.8, 4) is 0 Å². The maximum Gasteiger partial charge on any atom is 0.122 e. The first-order valence-electron chi connectivity index (χ1n) is 5.63. The van der Waals surface area contributed by atoms with Gasteiger partial charge in [-0.05, 0) is 33.6 Å². The fourth-order valence-corrected chi connectivity index (χ4v) is 2.42. The van der Waals surface area contributed by atoms with Gasteiger partial charge in [0.05, 0.1) is 16.4 Å². The Labute approximate surface area is 115 Å². The number of nitrogens with zero attached hydrogens (tertiary/aromatic N) is 3. The topological polar surface area (TPSA) is 41.3 Å². The Morgan fingerprint density at radius 3 is 2.67 bits per heavy atom. The first-order chi connectivity index (χ1) is 8.50. The smallest absolute Gasteiger partial charge is 0.122 e. The highest BCUT2D eigenvalue weighted by Gasteiger charge is 2.18. The van der Waals surface area contributed by atoms with Crippen molar-refractivity contribution in [3.63, 3.8) is 0 Å². The lowest BCUT2D eigenvalue weighted by molar-refractivity contribution is 0.209. The van der Waals surface area contributed by atoms with Gasteiger partial charge in [0.2, 0.25) is 0 Å². The molecule has 0 fully saturated rings. The molecule has 96 valence electrons. The molecule has 1 unspecified atom stereocenters. The molecule has 0 amide bonds. The molecule has 0 saturated carbocycles. The number of aryl methyl sites for hydroxylation is 1. The predicted molar refractivity (Wildman–Crippen MR) is 75.7 cm³/mol. The Bertz CT molecular complexity index is 531. The quantitative estimate of drug-likeness (QED) is 0.946. The summed E-state index contributed by atoms with van der Waals surface area (Å²) >= 11 is 3.41. The summed E-state index contributed by atoms with van der Waals surface area (Å²) in [6.45, 7) is 0. The minimum Gasteiger partial charge on any atom is -0.382 e. The van der Waals surface area contributed by atoms with Crippen LogP contribution in [0.25, 0.3) is 0 Å². The fourth-order valence-electron chi connectivity index (χ4n) is 1.86. The molecule has 0 aliphatic carbocycles. The van der Waals surface area contributed by atoms with Crippen LogP contribution in [0.2, 0.25) is 0 Å². The molecule has 1 heterocycles. The monoisotopic (exact) mass is 309 g/mol. The van der Waals surface area contributed by atoms with Gasteiger partial charge in [-0.25, -0.2) is 0 Å². The van der Waals surface area contributed by atoms with Gasteiger partial charge in [-0.15, -0.1) is 0 Å². The molecule has 2 rings (SSSR count). The Morgan fingerprint density at radius 1 is 1.39 bits per heavy atom. The summed E-state index contributed by atoms with van der Waals surface area (Å²) in [5.41, 5.74) is 2.67. The average Bonchev–Trinajstić information content (AvgIpc) is 2.68. The van der Waals surface area contributed by atoms with Crippen molar-refractivity contribution in [2.75, 3.05) is 19.0 Å². The number of benzene rings is 1. The third kappa shape index (κ3) is 2.42. The summed E-state index contributed by atoms with van der Waals surface area (Å²) in [7, 11) is 5.77. The molecule has 1 N–H and O–H groups in total. The highest BCUT2D eigenvalue weighted by atomic mass is 79.9. The molecule has 0 aliphatic rings. The van der Waals surface area contributed by atoms with Gasteiger partial charge >= 0.3 is 0 Å². The standard InChI is InChI=1S/C13H16BrN3O/c1-16(2)10-6-4-5-9(7-10)13(18)12-11(14)8-15-17(12)3/h4-8,13,18H,1-3H3. The molecule has 0 spiro atoms. The molecule has 0 bridgehead atoms. The van der Waals surface area contributed by atoms with Gasteiger partial charge in [0.1, 0.15) is 6.10 Å². The van der Waals surface area contributed by atoms with E-state index in [0.29, 0.717) is 0 Å². The SMILES string of the molecule is CN(C)c1cccc(C(O)c2c(Br)cnn2C)c1. The van der Waals surface area contributed by atoms with Crippen LogP contribution >= 0.6 is 15.9 Å². The molecule has 1 aromatic heterocycles. The van der Waals surface area contributed by atoms with Crippen molar-refractivity contribution >= 4 is 21.6 Å². The molecule has 1 atom stereocenters. The third-order valence-electron chi connectivity index (χ3n) is 2.90. The maximum atomic E-state index is 10.4. The van der Waals surface area contributed by atoms with E-state index in [1.807, 2.05) is 50.3 Å². The van der Waals surface area contributed by atoms with Crippen LogP contribution < -0.4 is 4.90 Å². The number of aliphatic hydroxyl groups excluding tert-OH is 1. The fraction of sp³-hybridized carbons (Fsp3) is 0.308. The molecule has 0 radical (unpaired) electrons. The van der Waals surface area contributed by atoms with Gasteiger partial charge < -0.3 is 10.0 Å². The highest BCUT2D eigenvalue weighted by molar-refractivity contribution is 9.10. The Morgan fingerprint density at radius 2 is 2.11 bits per heavy atom. The van der Waals surface area contributed by atoms with E-state index in [9.17, 15) is 5.11 Å². The molecule has 5 heteroatoms. The number of aliphatic hydroxyl groups is 1. The van der Waals surface area contributed by atoms with Gasteiger partial charge in [0.25, 0.3) is 0 Å². The van der Waals surface area contributed by atoms with E-state index >= 15 is 0 Å². The first kappa shape index (κ1) is 13.1. The normalized spacial score (nSPS) is 12.5. The van der Waals surface area contributed by atoms with Crippen LogP contribution in [0.5, 0.6) is 0 Å². The van der Waals surface area contributed by atoms with E-state index in [4.69, 9.17) is 0 Å². The number of hydrogen-bond donors (Lipinski definition) is 1. The van der Waals surface area contributed by atoms with Crippen molar-refractivity contribution in [1.29, 1.82) is 0 Å². The number of aromatic nitrogens is 2. The molecule has 4 nitrogen and oxygen atoms in total. The summed E-state index contributed by atoms with van der Waals surface area (Å²) < 4.78 is 2.49. The number of halogens is 1.